The van der Waals surface area contributed by atoms with Crippen LogP contribution in [0.3, 0.4) is 0 Å². The summed E-state index contributed by atoms with van der Waals surface area (Å²) in [6, 6.07) is 6.37. The molecular formula is C11H10N2O3. The third kappa shape index (κ3) is 2.25. The number of nitro groups is 1. The van der Waals surface area contributed by atoms with Crippen LogP contribution >= 0.6 is 0 Å². The Morgan fingerprint density at radius 1 is 1.38 bits per heavy atom. The minimum Gasteiger partial charge on any atom is -0.448 e. The fourth-order valence-corrected chi connectivity index (χ4v) is 1.39. The number of hydrogen-bond donors (Lipinski definition) is 0. The molecule has 0 aliphatic carbocycles. The number of oxazole rings is 1. The van der Waals surface area contributed by atoms with Crippen LogP contribution in [-0.2, 0) is 6.42 Å². The number of rotatable bonds is 3. The molecule has 0 radical (unpaired) electrons. The first-order valence-electron chi connectivity index (χ1n) is 4.79. The lowest BCUT2D eigenvalue weighted by Gasteiger charge is -1.96. The van der Waals surface area contributed by atoms with Gasteiger partial charge in [-0.25, -0.2) is 4.98 Å². The van der Waals surface area contributed by atoms with Gasteiger partial charge in [0, 0.05) is 18.6 Å². The van der Waals surface area contributed by atoms with Crippen molar-refractivity contribution in [2.45, 2.75) is 13.3 Å². The van der Waals surface area contributed by atoms with E-state index in [4.69, 9.17) is 4.42 Å². The van der Waals surface area contributed by atoms with Gasteiger partial charge in [-0.15, -0.1) is 0 Å². The predicted octanol–water partition coefficient (Wildman–Crippen LogP) is 2.48. The fraction of sp³-hybridized carbons (Fsp3) is 0.182. The number of aryl methyl sites for hydroxylation is 1. The second-order valence-electron chi connectivity index (χ2n) is 3.48. The molecule has 2 aromatic rings. The average molecular weight is 218 g/mol. The van der Waals surface area contributed by atoms with Crippen molar-refractivity contribution in [1.82, 2.24) is 4.98 Å². The molecule has 2 rings (SSSR count). The number of nitrogens with zero attached hydrogens (tertiary/aromatic N) is 2. The maximum Gasteiger partial charge on any atom is 0.269 e. The normalized spacial score (nSPS) is 10.3. The molecule has 0 bridgehead atoms. The van der Waals surface area contributed by atoms with Crippen molar-refractivity contribution in [3.63, 3.8) is 0 Å². The number of hydrogen-bond acceptors (Lipinski definition) is 4. The van der Waals surface area contributed by atoms with Crippen LogP contribution in [0.2, 0.25) is 0 Å². The van der Waals surface area contributed by atoms with E-state index in [9.17, 15) is 10.1 Å². The van der Waals surface area contributed by atoms with Gasteiger partial charge < -0.3 is 4.42 Å². The molecule has 0 atom stereocenters. The number of benzene rings is 1. The summed E-state index contributed by atoms with van der Waals surface area (Å²) in [5.74, 6) is 0.617. The zero-order valence-corrected chi connectivity index (χ0v) is 8.71. The van der Waals surface area contributed by atoms with Gasteiger partial charge in [0.2, 0.25) is 0 Å². The Bertz CT molecular complexity index is 502. The first-order chi connectivity index (χ1) is 7.65. The quantitative estimate of drug-likeness (QED) is 0.586. The van der Waals surface area contributed by atoms with E-state index in [0.29, 0.717) is 12.3 Å². The highest BCUT2D eigenvalue weighted by atomic mass is 16.6. The molecule has 0 saturated carbocycles. The molecule has 0 N–H and O–H groups in total. The third-order valence-electron chi connectivity index (χ3n) is 2.17. The monoisotopic (exact) mass is 218 g/mol. The van der Waals surface area contributed by atoms with Crippen LogP contribution in [0.5, 0.6) is 0 Å². The zero-order valence-electron chi connectivity index (χ0n) is 8.71. The Labute approximate surface area is 91.9 Å². The van der Waals surface area contributed by atoms with Gasteiger partial charge in [0.1, 0.15) is 6.26 Å². The summed E-state index contributed by atoms with van der Waals surface area (Å²) in [5.41, 5.74) is 1.86. The predicted molar refractivity (Wildman–Crippen MR) is 57.1 cm³/mol. The number of non-ortho nitro benzene ring substituents is 1. The van der Waals surface area contributed by atoms with Crippen LogP contribution in [0.25, 0.3) is 0 Å². The highest BCUT2D eigenvalue weighted by Crippen LogP contribution is 2.14. The van der Waals surface area contributed by atoms with E-state index in [-0.39, 0.29) is 5.69 Å². The Kier molecular flexibility index (Phi) is 2.68. The molecule has 1 aromatic carbocycles. The highest BCUT2D eigenvalue weighted by molar-refractivity contribution is 5.33. The van der Waals surface area contributed by atoms with Crippen LogP contribution in [-0.4, -0.2) is 9.91 Å². The maximum atomic E-state index is 10.4. The Morgan fingerprint density at radius 3 is 2.56 bits per heavy atom. The van der Waals surface area contributed by atoms with Crippen molar-refractivity contribution >= 4 is 5.69 Å². The standard InChI is InChI=1S/C11H10N2O3/c1-8-7-16-11(12-8)6-9-2-4-10(5-3-9)13(14)15/h2-5,7H,6H2,1H3. The molecule has 82 valence electrons. The van der Waals surface area contributed by atoms with E-state index in [1.807, 2.05) is 6.92 Å². The Balaban J connectivity index is 2.14. The average Bonchev–Trinajstić information content (AvgIpc) is 2.65. The highest BCUT2D eigenvalue weighted by Gasteiger charge is 2.06. The van der Waals surface area contributed by atoms with Gasteiger partial charge in [-0.1, -0.05) is 12.1 Å². The lowest BCUT2D eigenvalue weighted by atomic mass is 10.1. The minimum absolute atomic E-state index is 0.0901. The van der Waals surface area contributed by atoms with Gasteiger partial charge in [-0.2, -0.15) is 0 Å². The summed E-state index contributed by atoms with van der Waals surface area (Å²) in [6.45, 7) is 1.85. The topological polar surface area (TPSA) is 69.2 Å². The summed E-state index contributed by atoms with van der Waals surface area (Å²) < 4.78 is 5.20. The zero-order chi connectivity index (χ0) is 11.5. The van der Waals surface area contributed by atoms with E-state index in [1.54, 1.807) is 18.4 Å². The van der Waals surface area contributed by atoms with Crippen molar-refractivity contribution in [3.8, 4) is 0 Å². The molecule has 0 aliphatic rings. The van der Waals surface area contributed by atoms with Crippen LogP contribution in [0.4, 0.5) is 5.69 Å². The van der Waals surface area contributed by atoms with E-state index < -0.39 is 4.92 Å². The molecule has 0 fully saturated rings. The molecule has 0 amide bonds. The first kappa shape index (κ1) is 10.4. The molecule has 0 aliphatic heterocycles. The molecule has 5 nitrogen and oxygen atoms in total. The third-order valence-corrected chi connectivity index (χ3v) is 2.17. The molecule has 1 heterocycles. The summed E-state index contributed by atoms with van der Waals surface area (Å²) in [4.78, 5) is 14.2. The minimum atomic E-state index is -0.418. The molecule has 0 saturated heterocycles. The summed E-state index contributed by atoms with van der Waals surface area (Å²) in [6.07, 6.45) is 2.13. The smallest absolute Gasteiger partial charge is 0.269 e. The van der Waals surface area contributed by atoms with Crippen molar-refractivity contribution in [2.24, 2.45) is 0 Å². The largest absolute Gasteiger partial charge is 0.448 e. The van der Waals surface area contributed by atoms with Gasteiger partial charge >= 0.3 is 0 Å². The van der Waals surface area contributed by atoms with E-state index in [0.717, 1.165) is 11.3 Å². The van der Waals surface area contributed by atoms with Crippen molar-refractivity contribution in [2.75, 3.05) is 0 Å². The molecule has 5 heteroatoms. The van der Waals surface area contributed by atoms with Crippen LogP contribution in [0, 0.1) is 17.0 Å². The van der Waals surface area contributed by atoms with E-state index in [2.05, 4.69) is 4.98 Å². The second kappa shape index (κ2) is 4.14. The Hall–Kier alpha value is -2.17. The van der Waals surface area contributed by atoms with Crippen LogP contribution in [0.15, 0.2) is 34.9 Å². The lowest BCUT2D eigenvalue weighted by Crippen LogP contribution is -1.91. The SMILES string of the molecule is Cc1coc(Cc2ccc([N+](=O)[O-])cc2)n1. The number of aromatic nitrogens is 1. The van der Waals surface area contributed by atoms with E-state index in [1.165, 1.54) is 12.1 Å². The first-order valence-corrected chi connectivity index (χ1v) is 4.79. The maximum absolute atomic E-state index is 10.4. The van der Waals surface area contributed by atoms with Gasteiger partial charge in [0.25, 0.3) is 5.69 Å². The molecular weight excluding hydrogens is 208 g/mol. The number of nitro benzene ring substituents is 1. The van der Waals surface area contributed by atoms with Crippen LogP contribution in [0.1, 0.15) is 17.1 Å². The molecule has 16 heavy (non-hydrogen) atoms. The van der Waals surface area contributed by atoms with Gasteiger partial charge in [0.05, 0.1) is 10.6 Å². The van der Waals surface area contributed by atoms with Gasteiger partial charge in [-0.05, 0) is 12.5 Å². The second-order valence-corrected chi connectivity index (χ2v) is 3.48. The van der Waals surface area contributed by atoms with E-state index >= 15 is 0 Å². The van der Waals surface area contributed by atoms with Crippen LogP contribution < -0.4 is 0 Å². The van der Waals surface area contributed by atoms with Crippen molar-refractivity contribution < 1.29 is 9.34 Å². The summed E-state index contributed by atoms with van der Waals surface area (Å²) in [7, 11) is 0. The molecule has 1 aromatic heterocycles. The molecule has 0 spiro atoms. The molecule has 0 unspecified atom stereocenters. The lowest BCUT2D eigenvalue weighted by molar-refractivity contribution is -0.384. The van der Waals surface area contributed by atoms with Gasteiger partial charge in [-0.3, -0.25) is 10.1 Å². The Morgan fingerprint density at radius 2 is 2.06 bits per heavy atom. The van der Waals surface area contributed by atoms with Crippen molar-refractivity contribution in [3.05, 3.63) is 57.8 Å². The van der Waals surface area contributed by atoms with Crippen molar-refractivity contribution in [1.29, 1.82) is 0 Å². The fourth-order valence-electron chi connectivity index (χ4n) is 1.39. The summed E-state index contributed by atoms with van der Waals surface area (Å²) >= 11 is 0. The summed E-state index contributed by atoms with van der Waals surface area (Å²) in [5, 5.41) is 10.4. The van der Waals surface area contributed by atoms with Gasteiger partial charge in [0.15, 0.2) is 5.89 Å².